The van der Waals surface area contributed by atoms with Crippen molar-refractivity contribution in [3.8, 4) is 0 Å². The summed E-state index contributed by atoms with van der Waals surface area (Å²) >= 11 is 0. The molecule has 0 saturated carbocycles. The minimum Gasteiger partial charge on any atom is -0.461 e. The Bertz CT molecular complexity index is 1640. The van der Waals surface area contributed by atoms with Crippen LogP contribution in [0.15, 0.2) is 59.5 Å². The number of anilines is 3. The maximum atomic E-state index is 13.8. The number of para-hydroxylation sites is 1. The van der Waals surface area contributed by atoms with E-state index in [1.807, 2.05) is 75.3 Å². The van der Waals surface area contributed by atoms with Crippen LogP contribution in [-0.2, 0) is 26.1 Å². The number of esters is 1. The molecule has 5 rings (SSSR count). The van der Waals surface area contributed by atoms with Crippen LogP contribution in [0.4, 0.5) is 17.1 Å². The number of ether oxygens (including phenoxy) is 1. The van der Waals surface area contributed by atoms with Crippen LogP contribution in [0.2, 0.25) is 0 Å². The molecule has 11 heteroatoms. The number of nitrogens with zero attached hydrogens (tertiary/aromatic N) is 4. The summed E-state index contributed by atoms with van der Waals surface area (Å²) in [6.45, 7) is 6.68. The highest BCUT2D eigenvalue weighted by molar-refractivity contribution is 7.89. The molecule has 1 saturated heterocycles. The van der Waals surface area contributed by atoms with Crippen molar-refractivity contribution in [1.29, 1.82) is 0 Å². The zero-order valence-corrected chi connectivity index (χ0v) is 27.1. The number of likely N-dealkylation sites (N-methyl/N-ethyl adjacent to an activating group) is 2. The highest BCUT2D eigenvalue weighted by Gasteiger charge is 2.32. The average molecular weight is 621 g/mol. The maximum Gasteiger partial charge on any atom is 0.307 e. The molecule has 10 nitrogen and oxygen atoms in total. The molecule has 3 aromatic rings. The van der Waals surface area contributed by atoms with Gasteiger partial charge in [-0.1, -0.05) is 36.4 Å². The van der Waals surface area contributed by atoms with Gasteiger partial charge < -0.3 is 25.3 Å². The van der Waals surface area contributed by atoms with Crippen molar-refractivity contribution in [2.75, 3.05) is 63.0 Å². The molecule has 2 unspecified atom stereocenters. The Kier molecular flexibility index (Phi) is 9.22. The first-order valence-electron chi connectivity index (χ1n) is 15.0. The quantitative estimate of drug-likeness (QED) is 0.168. The summed E-state index contributed by atoms with van der Waals surface area (Å²) in [5.41, 5.74) is 13.0. The Balaban J connectivity index is 1.51. The molecule has 4 N–H and O–H groups in total. The number of aryl methyl sites for hydroxylation is 1. The first kappa shape index (κ1) is 31.8. The lowest BCUT2D eigenvalue weighted by molar-refractivity contribution is -0.148. The van der Waals surface area contributed by atoms with Crippen LogP contribution in [0.1, 0.15) is 46.6 Å². The molecular formula is C33H44N6O4S. The standard InChI is InChI=1S/C33H44N6O4S/c1-22-10-11-24(18-25(22)20-39-17-16-37(4)29-8-6-7-9-31(29)44(39,41)42)28(19-32(40)43-26-14-15-36(3)21-26)27-12-13-30(38(5)35)33(34)23(27)2/h6-13,18,26,28H,14-17,19-21,34-35H2,1-5H3. The molecule has 0 amide bonds. The summed E-state index contributed by atoms with van der Waals surface area (Å²) in [6.07, 6.45) is 0.810. The van der Waals surface area contributed by atoms with Crippen LogP contribution < -0.4 is 21.5 Å². The number of hydrogen-bond donors (Lipinski definition) is 2. The van der Waals surface area contributed by atoms with Gasteiger partial charge in [0.2, 0.25) is 10.0 Å². The summed E-state index contributed by atoms with van der Waals surface area (Å²) in [5.74, 6) is 5.39. The van der Waals surface area contributed by atoms with E-state index in [2.05, 4.69) is 4.90 Å². The van der Waals surface area contributed by atoms with Gasteiger partial charge in [-0.05, 0) is 73.3 Å². The van der Waals surface area contributed by atoms with Crippen LogP contribution in [0.5, 0.6) is 0 Å². The van der Waals surface area contributed by atoms with Crippen molar-refractivity contribution in [1.82, 2.24) is 9.21 Å². The lowest BCUT2D eigenvalue weighted by Crippen LogP contribution is -2.33. The number of benzene rings is 3. The van der Waals surface area contributed by atoms with Crippen LogP contribution in [0, 0.1) is 13.8 Å². The van der Waals surface area contributed by atoms with Gasteiger partial charge in [-0.15, -0.1) is 0 Å². The Labute approximate surface area is 261 Å². The number of carbonyl (C=O) groups is 1. The molecule has 1 fully saturated rings. The minimum atomic E-state index is -3.73. The van der Waals surface area contributed by atoms with Gasteiger partial charge in [0, 0.05) is 52.7 Å². The predicted molar refractivity (Wildman–Crippen MR) is 175 cm³/mol. The van der Waals surface area contributed by atoms with Crippen molar-refractivity contribution < 1.29 is 17.9 Å². The largest absolute Gasteiger partial charge is 0.461 e. The van der Waals surface area contributed by atoms with Gasteiger partial charge in [0.15, 0.2) is 0 Å². The molecule has 0 aliphatic carbocycles. The van der Waals surface area contributed by atoms with Crippen LogP contribution in [0.3, 0.4) is 0 Å². The SMILES string of the molecule is Cc1ccc(C(CC(=O)OC2CCN(C)C2)c2ccc(N(C)N)c(N)c2C)cc1CN1CCN(C)c2ccccc2S1(=O)=O. The van der Waals surface area contributed by atoms with Crippen LogP contribution in [0.25, 0.3) is 0 Å². The number of hydrogen-bond acceptors (Lipinski definition) is 9. The number of carbonyl (C=O) groups excluding carboxylic acids is 1. The lowest BCUT2D eigenvalue weighted by Gasteiger charge is -2.26. The normalized spacial score (nSPS) is 19.3. The fourth-order valence-corrected chi connectivity index (χ4v) is 7.93. The summed E-state index contributed by atoms with van der Waals surface area (Å²) in [4.78, 5) is 17.8. The first-order chi connectivity index (χ1) is 20.9. The fraction of sp³-hybridized carbons (Fsp3) is 0.424. The molecule has 0 radical (unpaired) electrons. The summed E-state index contributed by atoms with van der Waals surface area (Å²) in [7, 11) is 1.94. The van der Waals surface area contributed by atoms with E-state index < -0.39 is 10.0 Å². The van der Waals surface area contributed by atoms with Crippen LogP contribution in [-0.4, -0.2) is 77.0 Å². The average Bonchev–Trinajstić information content (AvgIpc) is 3.36. The van der Waals surface area contributed by atoms with Crippen molar-refractivity contribution in [3.63, 3.8) is 0 Å². The molecular weight excluding hydrogens is 576 g/mol. The second kappa shape index (κ2) is 12.8. The molecule has 0 aromatic heterocycles. The van der Waals surface area contributed by atoms with Crippen molar-refractivity contribution in [2.45, 2.75) is 50.2 Å². The van der Waals surface area contributed by atoms with E-state index in [0.29, 0.717) is 35.0 Å². The second-order valence-electron chi connectivity index (χ2n) is 12.2. The Morgan fingerprint density at radius 1 is 1.07 bits per heavy atom. The van der Waals surface area contributed by atoms with E-state index in [0.717, 1.165) is 47.3 Å². The number of rotatable bonds is 8. The van der Waals surface area contributed by atoms with E-state index in [-0.39, 0.29) is 31.0 Å². The topological polar surface area (TPSA) is 125 Å². The molecule has 2 aliphatic rings. The molecule has 44 heavy (non-hydrogen) atoms. The highest BCUT2D eigenvalue weighted by Crippen LogP contribution is 2.38. The van der Waals surface area contributed by atoms with E-state index in [1.54, 1.807) is 23.5 Å². The number of likely N-dealkylation sites (tertiary alicyclic amines) is 1. The van der Waals surface area contributed by atoms with E-state index in [9.17, 15) is 13.2 Å². The molecule has 0 bridgehead atoms. The van der Waals surface area contributed by atoms with E-state index >= 15 is 0 Å². The van der Waals surface area contributed by atoms with Crippen molar-refractivity contribution in [2.24, 2.45) is 5.84 Å². The Morgan fingerprint density at radius 3 is 2.52 bits per heavy atom. The molecule has 236 valence electrons. The first-order valence-corrected chi connectivity index (χ1v) is 16.5. The summed E-state index contributed by atoms with van der Waals surface area (Å²) in [5, 5.41) is 1.48. The summed E-state index contributed by atoms with van der Waals surface area (Å²) < 4.78 is 35.1. The van der Waals surface area contributed by atoms with Gasteiger partial charge in [-0.2, -0.15) is 4.31 Å². The number of nitrogens with two attached hydrogens (primary N) is 2. The van der Waals surface area contributed by atoms with Gasteiger partial charge in [0.1, 0.15) is 11.0 Å². The number of hydrazine groups is 1. The fourth-order valence-electron chi connectivity index (χ4n) is 6.28. The molecule has 2 heterocycles. The third-order valence-corrected chi connectivity index (χ3v) is 10.9. The number of sulfonamides is 1. The third-order valence-electron chi connectivity index (χ3n) is 9.01. The van der Waals surface area contributed by atoms with Gasteiger partial charge in [0.25, 0.3) is 0 Å². The Morgan fingerprint density at radius 2 is 1.82 bits per heavy atom. The zero-order valence-electron chi connectivity index (χ0n) is 26.3. The predicted octanol–water partition coefficient (Wildman–Crippen LogP) is 3.61. The minimum absolute atomic E-state index is 0.126. The monoisotopic (exact) mass is 620 g/mol. The van der Waals surface area contributed by atoms with E-state index in [4.69, 9.17) is 16.3 Å². The smallest absolute Gasteiger partial charge is 0.307 e. The number of fused-ring (bicyclic) bond motifs is 1. The Hall–Kier alpha value is -3.64. The summed E-state index contributed by atoms with van der Waals surface area (Å²) in [6, 6.07) is 17.0. The van der Waals surface area contributed by atoms with Gasteiger partial charge in [-0.25, -0.2) is 14.3 Å². The zero-order chi connectivity index (χ0) is 31.8. The lowest BCUT2D eigenvalue weighted by atomic mass is 9.84. The number of nitrogen functional groups attached to an aromatic ring is 1. The maximum absolute atomic E-state index is 13.8. The second-order valence-corrected chi connectivity index (χ2v) is 14.1. The third kappa shape index (κ3) is 6.41. The van der Waals surface area contributed by atoms with Crippen LogP contribution >= 0.6 is 0 Å². The van der Waals surface area contributed by atoms with Gasteiger partial charge >= 0.3 is 5.97 Å². The van der Waals surface area contributed by atoms with Gasteiger partial charge in [-0.3, -0.25) is 4.79 Å². The van der Waals surface area contributed by atoms with E-state index in [1.165, 1.54) is 5.01 Å². The van der Waals surface area contributed by atoms with Crippen molar-refractivity contribution in [3.05, 3.63) is 82.4 Å². The van der Waals surface area contributed by atoms with Crippen molar-refractivity contribution >= 4 is 33.1 Å². The van der Waals surface area contributed by atoms with Gasteiger partial charge in [0.05, 0.1) is 23.5 Å². The molecule has 2 aliphatic heterocycles. The highest BCUT2D eigenvalue weighted by atomic mass is 32.2. The molecule has 2 atom stereocenters. The molecule has 0 spiro atoms. The molecule has 3 aromatic carbocycles.